The Bertz CT molecular complexity index is 657. The van der Waals surface area contributed by atoms with Gasteiger partial charge in [-0.05, 0) is 5.56 Å². The molecule has 0 heterocycles. The van der Waals surface area contributed by atoms with E-state index in [1.54, 1.807) is 30.3 Å². The van der Waals surface area contributed by atoms with Gasteiger partial charge in [-0.1, -0.05) is 30.3 Å². The Labute approximate surface area is 131 Å². The van der Waals surface area contributed by atoms with E-state index in [1.807, 2.05) is 0 Å². The molecule has 2 aromatic rings. The summed E-state index contributed by atoms with van der Waals surface area (Å²) in [5.74, 6) is -2.37. The molecule has 0 aliphatic rings. The summed E-state index contributed by atoms with van der Waals surface area (Å²) in [5.41, 5.74) is 0.639. The Hall–Kier alpha value is -2.67. The number of urea groups is 1. The van der Waals surface area contributed by atoms with Gasteiger partial charge in [0.1, 0.15) is 0 Å². The second-order valence-electron chi connectivity index (χ2n) is 4.72. The van der Waals surface area contributed by atoms with Crippen LogP contribution in [0.4, 0.5) is 19.3 Å². The highest BCUT2D eigenvalue weighted by atomic mass is 19.1. The van der Waals surface area contributed by atoms with Gasteiger partial charge in [0.15, 0.2) is 17.4 Å². The molecular weight excluding hydrogens is 306 g/mol. The van der Waals surface area contributed by atoms with Crippen molar-refractivity contribution in [2.24, 2.45) is 0 Å². The smallest absolute Gasteiger partial charge is 0.319 e. The van der Waals surface area contributed by atoms with Crippen LogP contribution < -0.4 is 15.4 Å². The van der Waals surface area contributed by atoms with Crippen molar-refractivity contribution in [3.8, 4) is 5.75 Å². The molecule has 0 bridgehead atoms. The minimum absolute atomic E-state index is 0.0666. The summed E-state index contributed by atoms with van der Waals surface area (Å²) in [7, 11) is 1.15. The van der Waals surface area contributed by atoms with Crippen LogP contribution in [0.2, 0.25) is 0 Å². The summed E-state index contributed by atoms with van der Waals surface area (Å²) in [6.45, 7) is -0.317. The maximum Gasteiger partial charge on any atom is 0.319 e. The van der Waals surface area contributed by atoms with E-state index < -0.39 is 29.5 Å². The van der Waals surface area contributed by atoms with E-state index >= 15 is 0 Å². The van der Waals surface area contributed by atoms with Crippen molar-refractivity contribution in [2.75, 3.05) is 19.0 Å². The standard InChI is InChI=1S/C16H16F2N2O3/c1-23-15-12(17)7-11(8-13(15)18)19-16(22)20-14(9-21)10-5-3-2-4-6-10/h2-8,14,21H,9H2,1H3,(H2,19,20,22). The lowest BCUT2D eigenvalue weighted by molar-refractivity contribution is 0.225. The average Bonchev–Trinajstić information content (AvgIpc) is 2.53. The van der Waals surface area contributed by atoms with Crippen LogP contribution in [0.3, 0.4) is 0 Å². The summed E-state index contributed by atoms with van der Waals surface area (Å²) < 4.78 is 31.7. The van der Waals surface area contributed by atoms with E-state index in [9.17, 15) is 18.7 Å². The van der Waals surface area contributed by atoms with Gasteiger partial charge >= 0.3 is 6.03 Å². The van der Waals surface area contributed by atoms with E-state index in [4.69, 9.17) is 0 Å². The van der Waals surface area contributed by atoms with Gasteiger partial charge in [0.2, 0.25) is 0 Å². The molecule has 0 aliphatic carbocycles. The summed E-state index contributed by atoms with van der Waals surface area (Å²) in [6, 6.07) is 9.39. The Kier molecular flexibility index (Phi) is 5.48. The molecule has 0 fully saturated rings. The van der Waals surface area contributed by atoms with Crippen molar-refractivity contribution in [1.29, 1.82) is 0 Å². The number of aliphatic hydroxyl groups excluding tert-OH is 1. The Morgan fingerprint density at radius 2 is 1.83 bits per heavy atom. The average molecular weight is 322 g/mol. The van der Waals surface area contributed by atoms with Crippen molar-refractivity contribution in [1.82, 2.24) is 5.32 Å². The maximum absolute atomic E-state index is 13.6. The highest BCUT2D eigenvalue weighted by molar-refractivity contribution is 5.89. The van der Waals surface area contributed by atoms with Crippen LogP contribution >= 0.6 is 0 Å². The first-order valence-electron chi connectivity index (χ1n) is 6.81. The number of ether oxygens (including phenoxy) is 1. The van der Waals surface area contributed by atoms with Crippen LogP contribution in [0.1, 0.15) is 11.6 Å². The number of benzene rings is 2. The van der Waals surface area contributed by atoms with E-state index in [0.717, 1.165) is 19.2 Å². The largest absolute Gasteiger partial charge is 0.491 e. The van der Waals surface area contributed by atoms with Crippen molar-refractivity contribution in [2.45, 2.75) is 6.04 Å². The van der Waals surface area contributed by atoms with Gasteiger partial charge in [-0.15, -0.1) is 0 Å². The molecule has 0 spiro atoms. The zero-order valence-electron chi connectivity index (χ0n) is 12.3. The number of amides is 2. The number of aliphatic hydroxyl groups is 1. The Balaban J connectivity index is 2.07. The number of hydrogen-bond acceptors (Lipinski definition) is 3. The van der Waals surface area contributed by atoms with Gasteiger partial charge < -0.3 is 20.5 Å². The quantitative estimate of drug-likeness (QED) is 0.793. The van der Waals surface area contributed by atoms with Crippen molar-refractivity contribution in [3.05, 3.63) is 59.7 Å². The van der Waals surface area contributed by atoms with Gasteiger partial charge in [0.25, 0.3) is 0 Å². The molecule has 1 atom stereocenters. The number of anilines is 1. The topological polar surface area (TPSA) is 70.6 Å². The maximum atomic E-state index is 13.6. The van der Waals surface area contributed by atoms with Crippen molar-refractivity contribution >= 4 is 11.7 Å². The molecule has 0 radical (unpaired) electrons. The number of carbonyl (C=O) groups excluding carboxylic acids is 1. The molecule has 5 nitrogen and oxygen atoms in total. The molecule has 1 unspecified atom stereocenters. The summed E-state index contributed by atoms with van der Waals surface area (Å²) in [5, 5.41) is 14.2. The fourth-order valence-corrected chi connectivity index (χ4v) is 2.07. The fourth-order valence-electron chi connectivity index (χ4n) is 2.07. The summed E-state index contributed by atoms with van der Waals surface area (Å²) in [4.78, 5) is 11.9. The number of methoxy groups -OCH3 is 1. The minimum atomic E-state index is -0.926. The molecule has 23 heavy (non-hydrogen) atoms. The van der Waals surface area contributed by atoms with Crippen LogP contribution in [0.5, 0.6) is 5.75 Å². The third-order valence-electron chi connectivity index (χ3n) is 3.15. The van der Waals surface area contributed by atoms with Gasteiger partial charge in [-0.25, -0.2) is 13.6 Å². The summed E-state index contributed by atoms with van der Waals surface area (Å²) in [6.07, 6.45) is 0. The van der Waals surface area contributed by atoms with Gasteiger partial charge in [0.05, 0.1) is 19.8 Å². The number of rotatable bonds is 5. The van der Waals surface area contributed by atoms with Crippen LogP contribution in [-0.4, -0.2) is 24.9 Å². The number of halogens is 2. The molecule has 0 saturated heterocycles. The second-order valence-corrected chi connectivity index (χ2v) is 4.72. The number of carbonyl (C=O) groups is 1. The van der Waals surface area contributed by atoms with Gasteiger partial charge in [-0.3, -0.25) is 0 Å². The molecule has 0 saturated carbocycles. The lowest BCUT2D eigenvalue weighted by Gasteiger charge is -2.17. The van der Waals surface area contributed by atoms with Gasteiger partial charge in [0, 0.05) is 17.8 Å². The van der Waals surface area contributed by atoms with E-state index in [-0.39, 0.29) is 12.3 Å². The van der Waals surface area contributed by atoms with E-state index in [0.29, 0.717) is 5.56 Å². The monoisotopic (exact) mass is 322 g/mol. The fraction of sp³-hybridized carbons (Fsp3) is 0.188. The first-order valence-corrected chi connectivity index (χ1v) is 6.81. The molecule has 7 heteroatoms. The van der Waals surface area contributed by atoms with Crippen LogP contribution in [0.15, 0.2) is 42.5 Å². The first kappa shape index (κ1) is 16.7. The highest BCUT2D eigenvalue weighted by Crippen LogP contribution is 2.25. The lowest BCUT2D eigenvalue weighted by Crippen LogP contribution is -2.34. The molecule has 122 valence electrons. The predicted molar refractivity (Wildman–Crippen MR) is 81.3 cm³/mol. The van der Waals surface area contributed by atoms with E-state index in [1.165, 1.54) is 0 Å². The molecule has 2 rings (SSSR count). The second kappa shape index (κ2) is 7.55. The Morgan fingerprint density at radius 3 is 2.35 bits per heavy atom. The number of hydrogen-bond donors (Lipinski definition) is 3. The van der Waals surface area contributed by atoms with Crippen LogP contribution in [0.25, 0.3) is 0 Å². The lowest BCUT2D eigenvalue weighted by atomic mass is 10.1. The molecule has 2 aromatic carbocycles. The van der Waals surface area contributed by atoms with Crippen molar-refractivity contribution in [3.63, 3.8) is 0 Å². The zero-order valence-corrected chi connectivity index (χ0v) is 12.3. The molecule has 2 amide bonds. The van der Waals surface area contributed by atoms with Crippen LogP contribution in [0, 0.1) is 11.6 Å². The molecular formula is C16H16F2N2O3. The minimum Gasteiger partial charge on any atom is -0.491 e. The van der Waals surface area contributed by atoms with Crippen LogP contribution in [-0.2, 0) is 0 Å². The first-order chi connectivity index (χ1) is 11.0. The third kappa shape index (κ3) is 4.17. The number of nitrogens with one attached hydrogen (secondary N) is 2. The predicted octanol–water partition coefficient (Wildman–Crippen LogP) is 2.83. The van der Waals surface area contributed by atoms with E-state index in [2.05, 4.69) is 15.4 Å². The SMILES string of the molecule is COc1c(F)cc(NC(=O)NC(CO)c2ccccc2)cc1F. The molecule has 0 aromatic heterocycles. The zero-order chi connectivity index (χ0) is 16.8. The van der Waals surface area contributed by atoms with Crippen molar-refractivity contribution < 1.29 is 23.4 Å². The third-order valence-corrected chi connectivity index (χ3v) is 3.15. The molecule has 3 N–H and O–H groups in total. The highest BCUT2D eigenvalue weighted by Gasteiger charge is 2.16. The summed E-state index contributed by atoms with van der Waals surface area (Å²) >= 11 is 0. The Morgan fingerprint density at radius 1 is 1.22 bits per heavy atom. The molecule has 0 aliphatic heterocycles. The van der Waals surface area contributed by atoms with Gasteiger partial charge in [-0.2, -0.15) is 0 Å². The normalized spacial score (nSPS) is 11.7.